The van der Waals surface area contributed by atoms with Gasteiger partial charge in [0.25, 0.3) is 0 Å². The Morgan fingerprint density at radius 2 is 2.00 bits per heavy atom. The molecule has 2 heterocycles. The fourth-order valence-corrected chi connectivity index (χ4v) is 3.31. The van der Waals surface area contributed by atoms with Gasteiger partial charge in [-0.15, -0.1) is 0 Å². The van der Waals surface area contributed by atoms with Crippen LogP contribution >= 0.6 is 0 Å². The summed E-state index contributed by atoms with van der Waals surface area (Å²) in [5.41, 5.74) is 3.05. The maximum absolute atomic E-state index is 5.49. The Labute approximate surface area is 163 Å². The average Bonchev–Trinajstić information content (AvgIpc) is 2.66. The van der Waals surface area contributed by atoms with Crippen molar-refractivity contribution < 1.29 is 9.47 Å². The predicted molar refractivity (Wildman–Crippen MR) is 110 cm³/mol. The second kappa shape index (κ2) is 9.90. The Bertz CT molecular complexity index is 640. The van der Waals surface area contributed by atoms with Crippen LogP contribution in [0.3, 0.4) is 0 Å². The lowest BCUT2D eigenvalue weighted by atomic mass is 10.0. The number of methoxy groups -OCH3 is 1. The Hall–Kier alpha value is -1.86. The Morgan fingerprint density at radius 3 is 2.63 bits per heavy atom. The zero-order valence-corrected chi connectivity index (χ0v) is 17.7. The van der Waals surface area contributed by atoms with Crippen LogP contribution in [0, 0.1) is 13.8 Å². The summed E-state index contributed by atoms with van der Waals surface area (Å²) < 4.78 is 11.0. The topological polar surface area (TPSA) is 71.0 Å². The predicted octanol–water partition coefficient (Wildman–Crippen LogP) is 1.87. The second-order valence-corrected chi connectivity index (χ2v) is 7.51. The van der Waals surface area contributed by atoms with E-state index in [1.165, 1.54) is 0 Å². The molecule has 0 bridgehead atoms. The van der Waals surface area contributed by atoms with Gasteiger partial charge in [0, 0.05) is 49.0 Å². The molecule has 152 valence electrons. The number of aliphatic imine (C=N–C) groups is 1. The molecule has 1 aromatic heterocycles. The monoisotopic (exact) mass is 377 g/mol. The van der Waals surface area contributed by atoms with Gasteiger partial charge in [-0.1, -0.05) is 0 Å². The van der Waals surface area contributed by atoms with Crippen molar-refractivity contribution in [2.75, 3.05) is 46.5 Å². The molecule has 1 aliphatic heterocycles. The molecule has 1 aliphatic rings. The van der Waals surface area contributed by atoms with E-state index in [2.05, 4.69) is 41.3 Å². The van der Waals surface area contributed by atoms with E-state index in [1.807, 2.05) is 20.0 Å². The minimum Gasteiger partial charge on any atom is -0.496 e. The molecule has 1 fully saturated rings. The van der Waals surface area contributed by atoms with E-state index in [9.17, 15) is 0 Å². The van der Waals surface area contributed by atoms with Gasteiger partial charge in [0.15, 0.2) is 5.96 Å². The molecule has 27 heavy (non-hydrogen) atoms. The van der Waals surface area contributed by atoms with Crippen LogP contribution in [0.15, 0.2) is 11.2 Å². The summed E-state index contributed by atoms with van der Waals surface area (Å²) in [6, 6.07) is 0. The van der Waals surface area contributed by atoms with E-state index in [1.54, 1.807) is 7.11 Å². The average molecular weight is 378 g/mol. The van der Waals surface area contributed by atoms with Gasteiger partial charge in [-0.2, -0.15) is 0 Å². The minimum atomic E-state index is 0.0290. The molecule has 0 radical (unpaired) electrons. The molecule has 2 rings (SSSR count). The van der Waals surface area contributed by atoms with Crippen LogP contribution in [0.5, 0.6) is 5.75 Å². The van der Waals surface area contributed by atoms with Crippen LogP contribution in [0.4, 0.5) is 0 Å². The summed E-state index contributed by atoms with van der Waals surface area (Å²) >= 11 is 0. The zero-order chi connectivity index (χ0) is 19.9. The number of nitrogens with zero attached hydrogens (tertiary/aromatic N) is 3. The second-order valence-electron chi connectivity index (χ2n) is 7.51. The molecule has 1 aromatic rings. The van der Waals surface area contributed by atoms with Gasteiger partial charge >= 0.3 is 0 Å². The summed E-state index contributed by atoms with van der Waals surface area (Å²) in [6.07, 6.45) is 1.85. The fourth-order valence-electron chi connectivity index (χ4n) is 3.31. The number of guanidine groups is 1. The van der Waals surface area contributed by atoms with Crippen molar-refractivity contribution in [2.24, 2.45) is 4.99 Å². The number of hydrogen-bond donors (Lipinski definition) is 2. The van der Waals surface area contributed by atoms with Gasteiger partial charge in [-0.05, 0) is 34.6 Å². The number of rotatable bonds is 7. The molecule has 0 aromatic carbocycles. The number of hydrogen-bond acceptors (Lipinski definition) is 5. The molecule has 0 atom stereocenters. The summed E-state index contributed by atoms with van der Waals surface area (Å²) in [5, 5.41) is 6.81. The van der Waals surface area contributed by atoms with Crippen molar-refractivity contribution in [1.82, 2.24) is 20.5 Å². The maximum Gasteiger partial charge on any atom is 0.191 e. The molecule has 2 N–H and O–H groups in total. The summed E-state index contributed by atoms with van der Waals surface area (Å²) in [5.74, 6) is 1.70. The zero-order valence-electron chi connectivity index (χ0n) is 17.7. The third-order valence-electron chi connectivity index (χ3n) is 5.04. The van der Waals surface area contributed by atoms with Crippen molar-refractivity contribution in [2.45, 2.75) is 46.7 Å². The Balaban J connectivity index is 2.04. The van der Waals surface area contributed by atoms with E-state index in [0.29, 0.717) is 6.54 Å². The first kappa shape index (κ1) is 21.4. The lowest BCUT2D eigenvalue weighted by molar-refractivity contribution is -0.00834. The highest BCUT2D eigenvalue weighted by Crippen LogP contribution is 2.24. The lowest BCUT2D eigenvalue weighted by Gasteiger charge is -2.41. The molecule has 0 amide bonds. The van der Waals surface area contributed by atoms with Crippen molar-refractivity contribution >= 4 is 5.96 Å². The fraction of sp³-hybridized carbons (Fsp3) is 0.700. The smallest absolute Gasteiger partial charge is 0.191 e. The highest BCUT2D eigenvalue weighted by Gasteiger charge is 2.28. The van der Waals surface area contributed by atoms with Gasteiger partial charge in [0.05, 0.1) is 32.6 Å². The number of ether oxygens (including phenoxy) is 2. The number of pyridine rings is 1. The van der Waals surface area contributed by atoms with Gasteiger partial charge in [-0.25, -0.2) is 4.99 Å². The van der Waals surface area contributed by atoms with Crippen molar-refractivity contribution in [3.63, 3.8) is 0 Å². The van der Waals surface area contributed by atoms with Crippen LogP contribution in [-0.4, -0.2) is 67.9 Å². The highest BCUT2D eigenvalue weighted by atomic mass is 16.5. The first-order chi connectivity index (χ1) is 12.9. The van der Waals surface area contributed by atoms with E-state index < -0.39 is 0 Å². The molecule has 0 saturated carbocycles. The molecule has 0 spiro atoms. The number of morpholine rings is 1. The first-order valence-electron chi connectivity index (χ1n) is 9.73. The summed E-state index contributed by atoms with van der Waals surface area (Å²) in [4.78, 5) is 11.7. The van der Waals surface area contributed by atoms with Crippen LogP contribution < -0.4 is 15.4 Å². The number of nitrogens with one attached hydrogen (secondary N) is 2. The van der Waals surface area contributed by atoms with E-state index in [-0.39, 0.29) is 5.54 Å². The maximum atomic E-state index is 5.49. The molecule has 7 heteroatoms. The van der Waals surface area contributed by atoms with Crippen molar-refractivity contribution in [1.29, 1.82) is 0 Å². The first-order valence-corrected chi connectivity index (χ1v) is 9.73. The van der Waals surface area contributed by atoms with Gasteiger partial charge in [0.2, 0.25) is 0 Å². The van der Waals surface area contributed by atoms with Crippen LogP contribution in [0.1, 0.15) is 37.6 Å². The highest BCUT2D eigenvalue weighted by molar-refractivity contribution is 5.79. The lowest BCUT2D eigenvalue weighted by Crippen LogP contribution is -2.56. The van der Waals surface area contributed by atoms with E-state index in [4.69, 9.17) is 14.5 Å². The van der Waals surface area contributed by atoms with Gasteiger partial charge in [-0.3, -0.25) is 9.88 Å². The Kier molecular flexibility index (Phi) is 7.86. The van der Waals surface area contributed by atoms with Crippen LogP contribution in [0.25, 0.3) is 0 Å². The summed E-state index contributed by atoms with van der Waals surface area (Å²) in [6.45, 7) is 16.3. The van der Waals surface area contributed by atoms with E-state index >= 15 is 0 Å². The van der Waals surface area contributed by atoms with Crippen molar-refractivity contribution in [3.8, 4) is 5.75 Å². The molecule has 1 saturated heterocycles. The summed E-state index contributed by atoms with van der Waals surface area (Å²) in [7, 11) is 1.70. The largest absolute Gasteiger partial charge is 0.496 e. The quantitative estimate of drug-likeness (QED) is 0.558. The van der Waals surface area contributed by atoms with Gasteiger partial charge in [0.1, 0.15) is 5.75 Å². The van der Waals surface area contributed by atoms with E-state index in [0.717, 1.165) is 67.9 Å². The SMILES string of the molecule is CCNC(=NCc1ncc(C)c(OC)c1C)NCC(C)(C)N1CCOCC1. The number of aryl methyl sites for hydroxylation is 1. The minimum absolute atomic E-state index is 0.0290. The van der Waals surface area contributed by atoms with Crippen LogP contribution in [-0.2, 0) is 11.3 Å². The normalized spacial score (nSPS) is 16.3. The number of aromatic nitrogens is 1. The molecular weight excluding hydrogens is 342 g/mol. The molecule has 7 nitrogen and oxygen atoms in total. The third-order valence-corrected chi connectivity index (χ3v) is 5.04. The molecule has 0 aliphatic carbocycles. The van der Waals surface area contributed by atoms with Gasteiger partial charge < -0.3 is 20.1 Å². The third kappa shape index (κ3) is 5.81. The Morgan fingerprint density at radius 1 is 1.30 bits per heavy atom. The molecular formula is C20H35N5O2. The van der Waals surface area contributed by atoms with Crippen molar-refractivity contribution in [3.05, 3.63) is 23.0 Å². The standard InChI is InChI=1S/C20H35N5O2/c1-7-21-19(24-14-20(4,5)25-8-10-27-11-9-25)23-13-17-16(3)18(26-6)15(2)12-22-17/h12H,7-11,13-14H2,1-6H3,(H2,21,23,24). The van der Waals surface area contributed by atoms with Crippen LogP contribution in [0.2, 0.25) is 0 Å². The molecule has 0 unspecified atom stereocenters.